The van der Waals surface area contributed by atoms with Gasteiger partial charge in [0, 0.05) is 31.3 Å². The van der Waals surface area contributed by atoms with E-state index in [1.807, 2.05) is 6.92 Å². The maximum Gasteiger partial charge on any atom is 0.573 e. The molecule has 0 radical (unpaired) electrons. The normalized spacial score (nSPS) is 10.9. The van der Waals surface area contributed by atoms with Gasteiger partial charge in [-0.25, -0.2) is 0 Å². The second kappa shape index (κ2) is 6.86. The molecule has 1 aromatic carbocycles. The number of alkyl halides is 3. The van der Waals surface area contributed by atoms with Gasteiger partial charge in [-0.05, 0) is 19.1 Å². The van der Waals surface area contributed by atoms with Crippen LogP contribution in [0.5, 0.6) is 5.75 Å². The van der Waals surface area contributed by atoms with E-state index in [2.05, 4.69) is 15.4 Å². The first-order valence-corrected chi connectivity index (χ1v) is 5.77. The number of benzene rings is 1. The summed E-state index contributed by atoms with van der Waals surface area (Å²) in [6.45, 7) is 2.69. The zero-order chi connectivity index (χ0) is 14.3. The standard InChI is InChI=1S/C12H15F3N2O2/c1-2-16-11(18)6-7-17-9-4-3-5-10(8-9)19-12(13,14)15/h3-5,8,17H,2,6-7H2,1H3,(H,16,18). The van der Waals surface area contributed by atoms with Crippen molar-refractivity contribution in [1.82, 2.24) is 5.32 Å². The number of hydrogen-bond donors (Lipinski definition) is 2. The average molecular weight is 276 g/mol. The van der Waals surface area contributed by atoms with Gasteiger partial charge in [-0.1, -0.05) is 6.07 Å². The van der Waals surface area contributed by atoms with Gasteiger partial charge in [-0.15, -0.1) is 13.2 Å². The predicted molar refractivity (Wildman–Crippen MR) is 64.9 cm³/mol. The minimum Gasteiger partial charge on any atom is -0.406 e. The fourth-order valence-corrected chi connectivity index (χ4v) is 1.41. The van der Waals surface area contributed by atoms with Gasteiger partial charge in [0.05, 0.1) is 0 Å². The molecule has 0 fully saturated rings. The monoisotopic (exact) mass is 276 g/mol. The summed E-state index contributed by atoms with van der Waals surface area (Å²) in [5.74, 6) is -0.409. The molecule has 0 aliphatic carbocycles. The largest absolute Gasteiger partial charge is 0.573 e. The van der Waals surface area contributed by atoms with Gasteiger partial charge in [0.15, 0.2) is 0 Å². The summed E-state index contributed by atoms with van der Waals surface area (Å²) in [4.78, 5) is 11.2. The number of anilines is 1. The van der Waals surface area contributed by atoms with E-state index in [-0.39, 0.29) is 18.1 Å². The summed E-state index contributed by atoms with van der Waals surface area (Å²) in [6.07, 6.45) is -4.46. The van der Waals surface area contributed by atoms with Crippen LogP contribution in [0.2, 0.25) is 0 Å². The van der Waals surface area contributed by atoms with Crippen molar-refractivity contribution >= 4 is 11.6 Å². The molecule has 0 saturated carbocycles. The maximum absolute atomic E-state index is 12.0. The third kappa shape index (κ3) is 6.54. The topological polar surface area (TPSA) is 50.4 Å². The number of nitrogens with one attached hydrogen (secondary N) is 2. The van der Waals surface area contributed by atoms with E-state index in [1.54, 1.807) is 6.07 Å². The predicted octanol–water partition coefficient (Wildman–Crippen LogP) is 2.52. The molecule has 4 nitrogen and oxygen atoms in total. The molecule has 1 amide bonds. The molecule has 0 bridgehead atoms. The lowest BCUT2D eigenvalue weighted by Gasteiger charge is -2.11. The molecule has 0 spiro atoms. The molecule has 0 unspecified atom stereocenters. The van der Waals surface area contributed by atoms with Gasteiger partial charge in [-0.2, -0.15) is 0 Å². The number of halogens is 3. The second-order valence-corrected chi connectivity index (χ2v) is 3.71. The highest BCUT2D eigenvalue weighted by atomic mass is 19.4. The number of hydrogen-bond acceptors (Lipinski definition) is 3. The summed E-state index contributed by atoms with van der Waals surface area (Å²) in [5, 5.41) is 5.47. The Morgan fingerprint density at radius 2 is 2.11 bits per heavy atom. The van der Waals surface area contributed by atoms with E-state index in [1.165, 1.54) is 18.2 Å². The Morgan fingerprint density at radius 1 is 1.37 bits per heavy atom. The highest BCUT2D eigenvalue weighted by Gasteiger charge is 2.31. The van der Waals surface area contributed by atoms with Crippen LogP contribution in [-0.2, 0) is 4.79 Å². The molecule has 1 aromatic rings. The maximum atomic E-state index is 12.0. The van der Waals surface area contributed by atoms with Crippen molar-refractivity contribution in [1.29, 1.82) is 0 Å². The van der Waals surface area contributed by atoms with Gasteiger partial charge in [0.2, 0.25) is 5.91 Å². The minimum atomic E-state index is -4.71. The zero-order valence-corrected chi connectivity index (χ0v) is 10.4. The Kier molecular flexibility index (Phi) is 5.47. The van der Waals surface area contributed by atoms with Crippen LogP contribution in [0.1, 0.15) is 13.3 Å². The summed E-state index contributed by atoms with van der Waals surface area (Å²) in [6, 6.07) is 5.48. The molecule has 0 aromatic heterocycles. The Balaban J connectivity index is 2.46. The van der Waals surface area contributed by atoms with Crippen molar-refractivity contribution in [3.05, 3.63) is 24.3 Å². The van der Waals surface area contributed by atoms with E-state index in [9.17, 15) is 18.0 Å². The van der Waals surface area contributed by atoms with Gasteiger partial charge < -0.3 is 15.4 Å². The number of carbonyl (C=O) groups excluding carboxylic acids is 1. The fraction of sp³-hybridized carbons (Fsp3) is 0.417. The van der Waals surface area contributed by atoms with E-state index in [4.69, 9.17) is 0 Å². The van der Waals surface area contributed by atoms with Crippen molar-refractivity contribution in [3.8, 4) is 5.75 Å². The Labute approximate surface area is 108 Å². The van der Waals surface area contributed by atoms with Crippen LogP contribution in [-0.4, -0.2) is 25.4 Å². The average Bonchev–Trinajstić information content (AvgIpc) is 2.27. The molecule has 106 valence electrons. The van der Waals surface area contributed by atoms with Gasteiger partial charge in [-0.3, -0.25) is 4.79 Å². The highest BCUT2D eigenvalue weighted by Crippen LogP contribution is 2.24. The van der Waals surface area contributed by atoms with Crippen LogP contribution in [0.15, 0.2) is 24.3 Å². The quantitative estimate of drug-likeness (QED) is 0.839. The van der Waals surface area contributed by atoms with Crippen LogP contribution in [0.25, 0.3) is 0 Å². The molecule has 0 aliphatic heterocycles. The van der Waals surface area contributed by atoms with Crippen LogP contribution in [0, 0.1) is 0 Å². The van der Waals surface area contributed by atoms with Gasteiger partial charge >= 0.3 is 6.36 Å². The van der Waals surface area contributed by atoms with Crippen molar-refractivity contribution in [3.63, 3.8) is 0 Å². The van der Waals surface area contributed by atoms with Crippen LogP contribution >= 0.6 is 0 Å². The molecule has 19 heavy (non-hydrogen) atoms. The van der Waals surface area contributed by atoms with E-state index < -0.39 is 6.36 Å². The Hall–Kier alpha value is -1.92. The summed E-state index contributed by atoms with van der Waals surface area (Å²) in [7, 11) is 0. The summed E-state index contributed by atoms with van der Waals surface area (Å²) >= 11 is 0. The Morgan fingerprint density at radius 3 is 2.74 bits per heavy atom. The van der Waals surface area contributed by atoms with Crippen LogP contribution in [0.4, 0.5) is 18.9 Å². The third-order valence-corrected chi connectivity index (χ3v) is 2.12. The molecule has 1 rings (SSSR count). The van der Waals surface area contributed by atoms with Crippen molar-refractivity contribution in [2.75, 3.05) is 18.4 Å². The van der Waals surface area contributed by atoms with Crippen molar-refractivity contribution in [2.24, 2.45) is 0 Å². The van der Waals surface area contributed by atoms with Crippen molar-refractivity contribution < 1.29 is 22.7 Å². The third-order valence-electron chi connectivity index (χ3n) is 2.12. The second-order valence-electron chi connectivity index (χ2n) is 3.71. The number of amides is 1. The Bertz CT molecular complexity index is 422. The molecular weight excluding hydrogens is 261 g/mol. The fourth-order valence-electron chi connectivity index (χ4n) is 1.41. The first-order valence-electron chi connectivity index (χ1n) is 5.77. The minimum absolute atomic E-state index is 0.113. The number of rotatable bonds is 6. The first kappa shape index (κ1) is 15.1. The molecular formula is C12H15F3N2O2. The first-order chi connectivity index (χ1) is 8.90. The lowest BCUT2D eigenvalue weighted by Crippen LogP contribution is -2.24. The van der Waals surface area contributed by atoms with Crippen LogP contribution < -0.4 is 15.4 Å². The zero-order valence-electron chi connectivity index (χ0n) is 10.4. The molecule has 0 aliphatic rings. The number of ether oxygens (including phenoxy) is 1. The van der Waals surface area contributed by atoms with Gasteiger partial charge in [0.1, 0.15) is 5.75 Å². The summed E-state index contributed by atoms with van der Waals surface area (Å²) in [5.41, 5.74) is 0.464. The van der Waals surface area contributed by atoms with E-state index in [0.717, 1.165) is 0 Å². The van der Waals surface area contributed by atoms with E-state index >= 15 is 0 Å². The summed E-state index contributed by atoms with van der Waals surface area (Å²) < 4.78 is 39.8. The smallest absolute Gasteiger partial charge is 0.406 e. The lowest BCUT2D eigenvalue weighted by molar-refractivity contribution is -0.274. The molecule has 0 saturated heterocycles. The molecule has 0 heterocycles. The van der Waals surface area contributed by atoms with E-state index in [0.29, 0.717) is 18.8 Å². The molecule has 2 N–H and O–H groups in total. The lowest BCUT2D eigenvalue weighted by atomic mass is 10.3. The van der Waals surface area contributed by atoms with Gasteiger partial charge in [0.25, 0.3) is 0 Å². The number of carbonyl (C=O) groups is 1. The highest BCUT2D eigenvalue weighted by molar-refractivity contribution is 5.76. The SMILES string of the molecule is CCNC(=O)CCNc1cccc(OC(F)(F)F)c1. The molecule has 7 heteroatoms. The van der Waals surface area contributed by atoms with Crippen LogP contribution in [0.3, 0.4) is 0 Å². The van der Waals surface area contributed by atoms with Crippen molar-refractivity contribution in [2.45, 2.75) is 19.7 Å². The molecule has 0 atom stereocenters.